The molecule has 0 radical (unpaired) electrons. The van der Waals surface area contributed by atoms with Crippen LogP contribution in [-0.4, -0.2) is 59.8 Å². The average molecular weight is 553 g/mol. The molecule has 0 fully saturated rings. The highest BCUT2D eigenvalue weighted by atomic mass is 16.8. The number of fused-ring (bicyclic) bond motifs is 1. The minimum absolute atomic E-state index is 0.00346. The Balaban J connectivity index is 1.99. The van der Waals surface area contributed by atoms with Crippen molar-refractivity contribution in [2.24, 2.45) is 5.92 Å². The molecule has 212 valence electrons. The van der Waals surface area contributed by atoms with E-state index in [2.05, 4.69) is 0 Å². The van der Waals surface area contributed by atoms with Gasteiger partial charge in [0.1, 0.15) is 17.2 Å². The van der Waals surface area contributed by atoms with E-state index in [1.165, 1.54) is 19.2 Å². The van der Waals surface area contributed by atoms with E-state index in [4.69, 9.17) is 18.9 Å². The van der Waals surface area contributed by atoms with E-state index in [0.29, 0.717) is 40.4 Å². The largest absolute Gasteiger partial charge is 0.497 e. The Labute approximate surface area is 231 Å². The van der Waals surface area contributed by atoms with Crippen molar-refractivity contribution in [3.8, 4) is 17.2 Å². The third kappa shape index (κ3) is 5.60. The molecule has 0 aromatic heterocycles. The number of aliphatic hydroxyl groups is 2. The monoisotopic (exact) mass is 552 g/mol. The number of methoxy groups -OCH3 is 2. The average Bonchev–Trinajstić information content (AvgIpc) is 3.29. The molecule has 0 saturated heterocycles. The molecule has 0 heterocycles. The van der Waals surface area contributed by atoms with Crippen molar-refractivity contribution >= 4 is 11.9 Å². The van der Waals surface area contributed by atoms with Crippen molar-refractivity contribution in [1.29, 1.82) is 0 Å². The molecule has 1 aliphatic carbocycles. The fourth-order valence-corrected chi connectivity index (χ4v) is 5.34. The van der Waals surface area contributed by atoms with Crippen LogP contribution in [0, 0.1) is 5.92 Å². The lowest BCUT2D eigenvalue weighted by Crippen LogP contribution is -2.31. The first kappa shape index (κ1) is 28.9. The summed E-state index contributed by atoms with van der Waals surface area (Å²) >= 11 is 0. The zero-order valence-electron chi connectivity index (χ0n) is 22.4. The zero-order chi connectivity index (χ0) is 29.0. The van der Waals surface area contributed by atoms with Crippen molar-refractivity contribution in [2.75, 3.05) is 27.4 Å². The van der Waals surface area contributed by atoms with Gasteiger partial charge in [0.05, 0.1) is 19.6 Å². The molecular weight excluding hydrogens is 520 g/mol. The molecule has 4 rings (SSSR count). The van der Waals surface area contributed by atoms with E-state index < -0.39 is 42.3 Å². The molecule has 10 nitrogen and oxygen atoms in total. The SMILES string of the molecule is CCCOc1ccc2c(c1)C(c1ccc(OC)cc1OCC(=O)O)C(C(=O)O)C2c1ccccc1C(O)(O)OC. The van der Waals surface area contributed by atoms with Crippen LogP contribution in [0.2, 0.25) is 0 Å². The van der Waals surface area contributed by atoms with Gasteiger partial charge in [0.25, 0.3) is 0 Å². The number of rotatable bonds is 12. The maximum atomic E-state index is 13.1. The summed E-state index contributed by atoms with van der Waals surface area (Å²) in [5.41, 5.74) is 2.07. The lowest BCUT2D eigenvalue weighted by Gasteiger charge is -2.28. The van der Waals surface area contributed by atoms with E-state index in [1.54, 1.807) is 48.5 Å². The van der Waals surface area contributed by atoms with Gasteiger partial charge in [-0.2, -0.15) is 0 Å². The fraction of sp³-hybridized carbons (Fsp3) is 0.333. The molecule has 4 N–H and O–H groups in total. The summed E-state index contributed by atoms with van der Waals surface area (Å²) in [4.78, 5) is 24.4. The van der Waals surface area contributed by atoms with Crippen molar-refractivity contribution in [2.45, 2.75) is 31.2 Å². The molecule has 40 heavy (non-hydrogen) atoms. The van der Waals surface area contributed by atoms with Gasteiger partial charge in [-0.1, -0.05) is 43.3 Å². The molecule has 10 heteroatoms. The summed E-state index contributed by atoms with van der Waals surface area (Å²) in [6.07, 6.45) is 0.770. The van der Waals surface area contributed by atoms with Crippen LogP contribution in [-0.2, 0) is 20.3 Å². The normalized spacial score (nSPS) is 18.2. The number of ether oxygens (including phenoxy) is 4. The van der Waals surface area contributed by atoms with Crippen molar-refractivity contribution in [3.63, 3.8) is 0 Å². The first-order valence-corrected chi connectivity index (χ1v) is 12.7. The Morgan fingerprint density at radius 3 is 2.15 bits per heavy atom. The van der Waals surface area contributed by atoms with E-state index >= 15 is 0 Å². The molecule has 0 spiro atoms. The van der Waals surface area contributed by atoms with E-state index in [0.717, 1.165) is 13.5 Å². The van der Waals surface area contributed by atoms with Gasteiger partial charge in [-0.05, 0) is 41.3 Å². The smallest absolute Gasteiger partial charge is 0.341 e. The molecule has 0 amide bonds. The Morgan fingerprint density at radius 1 is 0.825 bits per heavy atom. The maximum absolute atomic E-state index is 13.1. The number of aliphatic carboxylic acids is 2. The Kier molecular flexibility index (Phi) is 8.63. The molecule has 0 saturated carbocycles. The Hall–Kier alpha value is -4.12. The van der Waals surface area contributed by atoms with Crippen LogP contribution in [0.3, 0.4) is 0 Å². The van der Waals surface area contributed by atoms with Crippen LogP contribution in [0.4, 0.5) is 0 Å². The van der Waals surface area contributed by atoms with Crippen LogP contribution in [0.15, 0.2) is 60.7 Å². The molecule has 0 aliphatic heterocycles. The third-order valence-electron chi connectivity index (χ3n) is 7.04. The first-order valence-electron chi connectivity index (χ1n) is 12.7. The van der Waals surface area contributed by atoms with Crippen molar-refractivity contribution in [1.82, 2.24) is 0 Å². The summed E-state index contributed by atoms with van der Waals surface area (Å²) in [5.74, 6) is -6.70. The van der Waals surface area contributed by atoms with Gasteiger partial charge in [-0.25, -0.2) is 4.79 Å². The Morgan fingerprint density at radius 2 is 1.50 bits per heavy atom. The Bertz CT molecular complexity index is 1380. The maximum Gasteiger partial charge on any atom is 0.341 e. The summed E-state index contributed by atoms with van der Waals surface area (Å²) in [7, 11) is 2.59. The van der Waals surface area contributed by atoms with Gasteiger partial charge in [-0.3, -0.25) is 4.79 Å². The standard InChI is InChI=1S/C30H32O10/c1-4-13-39-18-10-11-19-22(14-18)27(21-12-9-17(37-2)15-24(21)40-16-25(31)32)28(29(33)34)26(19)20-7-5-6-8-23(20)30(35,36)38-3/h5-12,14-15,26-28,35-36H,4,13,16H2,1-3H3,(H,31,32)(H,33,34). The van der Waals surface area contributed by atoms with Gasteiger partial charge in [0.15, 0.2) is 6.61 Å². The van der Waals surface area contributed by atoms with Gasteiger partial charge >= 0.3 is 17.9 Å². The number of carbonyl (C=O) groups is 2. The predicted molar refractivity (Wildman–Crippen MR) is 143 cm³/mol. The summed E-state index contributed by atoms with van der Waals surface area (Å²) in [6, 6.07) is 16.5. The highest BCUT2D eigenvalue weighted by molar-refractivity contribution is 5.79. The molecule has 0 bridgehead atoms. The van der Waals surface area contributed by atoms with Crippen LogP contribution in [0.1, 0.15) is 53.0 Å². The van der Waals surface area contributed by atoms with Crippen LogP contribution in [0.25, 0.3) is 0 Å². The van der Waals surface area contributed by atoms with E-state index in [-0.39, 0.29) is 11.3 Å². The lowest BCUT2D eigenvalue weighted by atomic mass is 9.78. The predicted octanol–water partition coefficient (Wildman–Crippen LogP) is 3.67. The number of carboxylic acid groups (broad SMARTS) is 2. The van der Waals surface area contributed by atoms with Crippen LogP contribution in [0.5, 0.6) is 17.2 Å². The summed E-state index contributed by atoms with van der Waals surface area (Å²) in [5, 5.41) is 41.2. The number of benzene rings is 3. The second-order valence-corrected chi connectivity index (χ2v) is 9.44. The minimum Gasteiger partial charge on any atom is -0.497 e. The van der Waals surface area contributed by atoms with Crippen LogP contribution < -0.4 is 14.2 Å². The topological polar surface area (TPSA) is 152 Å². The first-order chi connectivity index (χ1) is 19.1. The highest BCUT2D eigenvalue weighted by Gasteiger charge is 2.49. The zero-order valence-corrected chi connectivity index (χ0v) is 22.4. The van der Waals surface area contributed by atoms with Crippen molar-refractivity contribution < 1.29 is 49.0 Å². The van der Waals surface area contributed by atoms with Gasteiger partial charge in [-0.15, -0.1) is 0 Å². The molecule has 3 aromatic rings. The van der Waals surface area contributed by atoms with Gasteiger partial charge in [0, 0.05) is 36.1 Å². The number of hydrogen-bond acceptors (Lipinski definition) is 8. The third-order valence-corrected chi connectivity index (χ3v) is 7.04. The molecule has 3 aromatic carbocycles. The molecule has 3 unspecified atom stereocenters. The fourth-order valence-electron chi connectivity index (χ4n) is 5.34. The number of carboxylic acids is 2. The minimum atomic E-state index is -2.67. The van der Waals surface area contributed by atoms with Gasteiger partial charge < -0.3 is 39.4 Å². The van der Waals surface area contributed by atoms with E-state index in [9.17, 15) is 30.0 Å². The van der Waals surface area contributed by atoms with Crippen LogP contribution >= 0.6 is 0 Å². The molecule has 1 aliphatic rings. The van der Waals surface area contributed by atoms with Crippen molar-refractivity contribution in [3.05, 3.63) is 88.5 Å². The quantitative estimate of drug-likeness (QED) is 0.245. The summed E-state index contributed by atoms with van der Waals surface area (Å²) < 4.78 is 21.7. The molecule has 3 atom stereocenters. The summed E-state index contributed by atoms with van der Waals surface area (Å²) in [6.45, 7) is 1.78. The molecular formula is C30H32O10. The van der Waals surface area contributed by atoms with E-state index in [1.807, 2.05) is 6.92 Å². The number of hydrogen-bond donors (Lipinski definition) is 4. The second kappa shape index (κ2) is 12.0. The van der Waals surface area contributed by atoms with Gasteiger partial charge in [0.2, 0.25) is 0 Å². The second-order valence-electron chi connectivity index (χ2n) is 9.44. The highest BCUT2D eigenvalue weighted by Crippen LogP contribution is 2.56. The lowest BCUT2D eigenvalue weighted by molar-refractivity contribution is -0.339.